The first kappa shape index (κ1) is 15.1. The van der Waals surface area contributed by atoms with Crippen LogP contribution in [0.4, 0.5) is 10.5 Å². The molecule has 0 bridgehead atoms. The summed E-state index contributed by atoms with van der Waals surface area (Å²) >= 11 is 0. The number of carboxylic acids is 1. The normalized spacial score (nSPS) is 13.6. The monoisotopic (exact) mass is 314 g/mol. The third-order valence-electron chi connectivity index (χ3n) is 4.03. The molecule has 0 aliphatic carbocycles. The van der Waals surface area contributed by atoms with Crippen LogP contribution in [0.5, 0.6) is 0 Å². The van der Waals surface area contributed by atoms with Crippen molar-refractivity contribution in [2.24, 2.45) is 7.05 Å². The molecular weight excluding hydrogens is 296 g/mol. The number of hydrogen-bond donors (Lipinski definition) is 2. The predicted molar refractivity (Wildman–Crippen MR) is 84.5 cm³/mol. The van der Waals surface area contributed by atoms with E-state index in [9.17, 15) is 14.7 Å². The number of hydrogen-bond acceptors (Lipinski definition) is 3. The number of aromatic carboxylic acids is 1. The van der Waals surface area contributed by atoms with Crippen molar-refractivity contribution >= 4 is 17.7 Å². The number of nitrogens with one attached hydrogen (secondary N) is 1. The van der Waals surface area contributed by atoms with Crippen LogP contribution in [-0.4, -0.2) is 38.3 Å². The van der Waals surface area contributed by atoms with E-state index < -0.39 is 5.97 Å². The number of carboxylic acid groups (broad SMARTS) is 1. The Balaban J connectivity index is 1.77. The third kappa shape index (κ3) is 2.90. The highest BCUT2D eigenvalue weighted by Gasteiger charge is 2.29. The van der Waals surface area contributed by atoms with Crippen LogP contribution in [0.25, 0.3) is 0 Å². The number of aromatic nitrogens is 2. The van der Waals surface area contributed by atoms with Crippen LogP contribution in [0.2, 0.25) is 0 Å². The molecule has 3 rings (SSSR count). The van der Waals surface area contributed by atoms with Gasteiger partial charge in [-0.15, -0.1) is 0 Å². The van der Waals surface area contributed by atoms with E-state index in [2.05, 4.69) is 10.4 Å². The molecule has 1 aliphatic rings. The van der Waals surface area contributed by atoms with Gasteiger partial charge in [-0.2, -0.15) is 5.10 Å². The van der Waals surface area contributed by atoms with E-state index >= 15 is 0 Å². The topological polar surface area (TPSA) is 87.5 Å². The standard InChI is InChI=1S/C16H18N4O3/c1-10-3-5-11(6-4-10)17-16(23)20-8-7-13-12(9-20)14(15(21)22)18-19(13)2/h3-6H,7-9H2,1-2H3,(H,17,23)(H,21,22). The minimum absolute atomic E-state index is 0.0235. The number of fused-ring (bicyclic) bond motifs is 1. The zero-order chi connectivity index (χ0) is 16.6. The Morgan fingerprint density at radius 3 is 2.61 bits per heavy atom. The van der Waals surface area contributed by atoms with Crippen molar-refractivity contribution in [1.29, 1.82) is 0 Å². The van der Waals surface area contributed by atoms with Gasteiger partial charge in [0, 0.05) is 37.0 Å². The molecule has 1 aromatic heterocycles. The molecule has 0 saturated heterocycles. The lowest BCUT2D eigenvalue weighted by atomic mass is 10.1. The average Bonchev–Trinajstić information content (AvgIpc) is 2.86. The Bertz CT molecular complexity index is 764. The maximum absolute atomic E-state index is 12.4. The van der Waals surface area contributed by atoms with Gasteiger partial charge in [0.2, 0.25) is 0 Å². The summed E-state index contributed by atoms with van der Waals surface area (Å²) in [5.74, 6) is -1.07. The van der Waals surface area contributed by atoms with Gasteiger partial charge in [0.15, 0.2) is 5.69 Å². The number of anilines is 1. The summed E-state index contributed by atoms with van der Waals surface area (Å²) in [4.78, 5) is 25.3. The Kier molecular flexibility index (Phi) is 3.77. The highest BCUT2D eigenvalue weighted by molar-refractivity contribution is 5.90. The highest BCUT2D eigenvalue weighted by atomic mass is 16.4. The van der Waals surface area contributed by atoms with E-state index in [1.165, 1.54) is 0 Å². The van der Waals surface area contributed by atoms with Crippen LogP contribution in [0.1, 0.15) is 27.3 Å². The van der Waals surface area contributed by atoms with Gasteiger partial charge in [-0.1, -0.05) is 17.7 Å². The first-order chi connectivity index (χ1) is 11.0. The maximum atomic E-state index is 12.4. The van der Waals surface area contributed by atoms with Crippen LogP contribution in [0, 0.1) is 6.92 Å². The average molecular weight is 314 g/mol. The van der Waals surface area contributed by atoms with Crippen molar-refractivity contribution in [1.82, 2.24) is 14.7 Å². The number of benzene rings is 1. The van der Waals surface area contributed by atoms with E-state index in [0.29, 0.717) is 18.5 Å². The highest BCUT2D eigenvalue weighted by Crippen LogP contribution is 2.23. The Labute approximate surface area is 133 Å². The lowest BCUT2D eigenvalue weighted by Gasteiger charge is -2.27. The molecule has 0 atom stereocenters. The fraction of sp³-hybridized carbons (Fsp3) is 0.312. The zero-order valence-corrected chi connectivity index (χ0v) is 13.0. The van der Waals surface area contributed by atoms with Crippen molar-refractivity contribution in [3.63, 3.8) is 0 Å². The molecule has 1 aliphatic heterocycles. The van der Waals surface area contributed by atoms with Gasteiger partial charge in [0.05, 0.1) is 6.54 Å². The first-order valence-corrected chi connectivity index (χ1v) is 7.36. The molecule has 7 nitrogen and oxygen atoms in total. The second-order valence-electron chi connectivity index (χ2n) is 5.67. The molecule has 2 aromatic rings. The van der Waals surface area contributed by atoms with Gasteiger partial charge < -0.3 is 15.3 Å². The summed E-state index contributed by atoms with van der Waals surface area (Å²) in [6.45, 7) is 2.76. The van der Waals surface area contributed by atoms with E-state index in [-0.39, 0.29) is 18.3 Å². The fourth-order valence-corrected chi connectivity index (χ4v) is 2.78. The van der Waals surface area contributed by atoms with Gasteiger partial charge in [-0.25, -0.2) is 9.59 Å². The van der Waals surface area contributed by atoms with Gasteiger partial charge in [-0.05, 0) is 19.1 Å². The van der Waals surface area contributed by atoms with Gasteiger partial charge in [0.25, 0.3) is 0 Å². The molecule has 0 unspecified atom stereocenters. The maximum Gasteiger partial charge on any atom is 0.356 e. The van der Waals surface area contributed by atoms with E-state index in [0.717, 1.165) is 16.9 Å². The molecule has 0 saturated carbocycles. The quantitative estimate of drug-likeness (QED) is 0.887. The molecule has 7 heteroatoms. The van der Waals surface area contributed by atoms with Crippen LogP contribution in [0.15, 0.2) is 24.3 Å². The molecule has 0 radical (unpaired) electrons. The number of aryl methyl sites for hydroxylation is 2. The molecule has 1 aromatic carbocycles. The molecule has 23 heavy (non-hydrogen) atoms. The molecule has 0 fully saturated rings. The van der Waals surface area contributed by atoms with Crippen molar-refractivity contribution < 1.29 is 14.7 Å². The summed E-state index contributed by atoms with van der Waals surface area (Å²) < 4.78 is 1.59. The van der Waals surface area contributed by atoms with Gasteiger partial charge in [-0.3, -0.25) is 4.68 Å². The molecule has 2 heterocycles. The Morgan fingerprint density at radius 2 is 1.96 bits per heavy atom. The molecule has 2 N–H and O–H groups in total. The summed E-state index contributed by atoms with van der Waals surface area (Å²) in [5, 5.41) is 16.1. The minimum Gasteiger partial charge on any atom is -0.476 e. The first-order valence-electron chi connectivity index (χ1n) is 7.36. The number of carbonyl (C=O) groups excluding carboxylic acids is 1. The number of rotatable bonds is 2. The molecule has 120 valence electrons. The lowest BCUT2D eigenvalue weighted by Crippen LogP contribution is -2.39. The van der Waals surface area contributed by atoms with Crippen molar-refractivity contribution in [3.8, 4) is 0 Å². The number of nitrogens with zero attached hydrogens (tertiary/aromatic N) is 3. The molecule has 2 amide bonds. The molecular formula is C16H18N4O3. The van der Waals surface area contributed by atoms with Crippen LogP contribution < -0.4 is 5.32 Å². The van der Waals surface area contributed by atoms with Crippen molar-refractivity contribution in [2.45, 2.75) is 19.9 Å². The third-order valence-corrected chi connectivity index (χ3v) is 4.03. The number of carbonyl (C=O) groups is 2. The van der Waals surface area contributed by atoms with Crippen LogP contribution in [0.3, 0.4) is 0 Å². The zero-order valence-electron chi connectivity index (χ0n) is 13.0. The smallest absolute Gasteiger partial charge is 0.356 e. The second-order valence-corrected chi connectivity index (χ2v) is 5.67. The van der Waals surface area contributed by atoms with Gasteiger partial charge >= 0.3 is 12.0 Å². The van der Waals surface area contributed by atoms with E-state index in [1.807, 2.05) is 31.2 Å². The number of amides is 2. The summed E-state index contributed by atoms with van der Waals surface area (Å²) in [5.41, 5.74) is 3.35. The molecule has 0 spiro atoms. The SMILES string of the molecule is Cc1ccc(NC(=O)N2CCc3c(c(C(=O)O)nn3C)C2)cc1. The predicted octanol–water partition coefficient (Wildman–Crippen LogP) is 2.02. The number of urea groups is 1. The fourth-order valence-electron chi connectivity index (χ4n) is 2.78. The summed E-state index contributed by atoms with van der Waals surface area (Å²) in [7, 11) is 1.73. The summed E-state index contributed by atoms with van der Waals surface area (Å²) in [6, 6.07) is 7.30. The Hall–Kier alpha value is -2.83. The van der Waals surface area contributed by atoms with Crippen molar-refractivity contribution in [3.05, 3.63) is 46.8 Å². The summed E-state index contributed by atoms with van der Waals surface area (Å²) in [6.07, 6.45) is 0.591. The van der Waals surface area contributed by atoms with E-state index in [1.54, 1.807) is 16.6 Å². The second kappa shape index (κ2) is 5.75. The lowest BCUT2D eigenvalue weighted by molar-refractivity contribution is 0.0687. The Morgan fingerprint density at radius 1 is 1.26 bits per heavy atom. The minimum atomic E-state index is -1.07. The largest absolute Gasteiger partial charge is 0.476 e. The van der Waals surface area contributed by atoms with Crippen LogP contribution >= 0.6 is 0 Å². The van der Waals surface area contributed by atoms with Crippen molar-refractivity contribution in [2.75, 3.05) is 11.9 Å². The van der Waals surface area contributed by atoms with Gasteiger partial charge in [0.1, 0.15) is 0 Å². The van der Waals surface area contributed by atoms with Crippen LogP contribution in [-0.2, 0) is 20.0 Å². The van der Waals surface area contributed by atoms with E-state index in [4.69, 9.17) is 0 Å².